The highest BCUT2D eigenvalue weighted by molar-refractivity contribution is 5.80. The van der Waals surface area contributed by atoms with Crippen LogP contribution in [-0.2, 0) is 12.3 Å². The fourth-order valence-electron chi connectivity index (χ4n) is 5.09. The molecule has 0 bridgehead atoms. The summed E-state index contributed by atoms with van der Waals surface area (Å²) < 4.78 is 9.82. The number of para-hydroxylation sites is 1. The molecule has 25 heavy (non-hydrogen) atoms. The van der Waals surface area contributed by atoms with Gasteiger partial charge >= 0.3 is 5.91 Å². The molecule has 3 aliphatic rings. The van der Waals surface area contributed by atoms with Crippen molar-refractivity contribution in [1.82, 2.24) is 9.13 Å². The monoisotopic (exact) mass is 328 g/mol. The van der Waals surface area contributed by atoms with Gasteiger partial charge < -0.3 is 0 Å². The second kappa shape index (κ2) is 4.02. The first-order valence-electron chi connectivity index (χ1n) is 8.83. The van der Waals surface area contributed by atoms with Crippen molar-refractivity contribution in [2.24, 2.45) is 0 Å². The summed E-state index contributed by atoms with van der Waals surface area (Å²) in [4.78, 5) is 0. The molecule has 5 heterocycles. The lowest BCUT2D eigenvalue weighted by Gasteiger charge is -2.29. The summed E-state index contributed by atoms with van der Waals surface area (Å²) in [5.41, 5.74) is 9.20. The maximum absolute atomic E-state index is 2.50. The Hall–Kier alpha value is -2.88. The van der Waals surface area contributed by atoms with E-state index in [1.54, 1.807) is 0 Å². The van der Waals surface area contributed by atoms with Crippen LogP contribution in [0.1, 0.15) is 33.9 Å². The van der Waals surface area contributed by atoms with E-state index < -0.39 is 0 Å². The Kier molecular flexibility index (Phi) is 2.16. The van der Waals surface area contributed by atoms with E-state index in [0.29, 0.717) is 0 Å². The van der Waals surface area contributed by atoms with Crippen molar-refractivity contribution in [3.63, 3.8) is 0 Å². The molecule has 0 radical (unpaired) electrons. The molecule has 1 aromatic carbocycles. The highest BCUT2D eigenvalue weighted by Crippen LogP contribution is 2.44. The Labute approximate surface area is 146 Å². The van der Waals surface area contributed by atoms with Gasteiger partial charge in [0.05, 0.1) is 0 Å². The number of benzene rings is 1. The van der Waals surface area contributed by atoms with E-state index >= 15 is 0 Å². The summed E-state index contributed by atoms with van der Waals surface area (Å²) in [6.45, 7) is 4.42. The second-order valence-electron chi connectivity index (χ2n) is 7.43. The van der Waals surface area contributed by atoms with E-state index in [1.807, 2.05) is 0 Å². The van der Waals surface area contributed by atoms with Crippen molar-refractivity contribution in [3.05, 3.63) is 76.4 Å². The predicted molar refractivity (Wildman–Crippen MR) is 97.4 cm³/mol. The van der Waals surface area contributed by atoms with Crippen molar-refractivity contribution >= 4 is 18.1 Å². The van der Waals surface area contributed by atoms with Gasteiger partial charge in [-0.3, -0.25) is 0 Å². The fourth-order valence-corrected chi connectivity index (χ4v) is 5.09. The summed E-state index contributed by atoms with van der Waals surface area (Å²) in [6, 6.07) is 15.6. The van der Waals surface area contributed by atoms with Crippen LogP contribution in [0, 0.1) is 13.8 Å². The van der Waals surface area contributed by atoms with Gasteiger partial charge in [0.1, 0.15) is 18.4 Å². The van der Waals surface area contributed by atoms with Crippen LogP contribution in [0.5, 0.6) is 0 Å². The lowest BCUT2D eigenvalue weighted by molar-refractivity contribution is -0.820. The summed E-state index contributed by atoms with van der Waals surface area (Å²) in [7, 11) is 2.19. The molecule has 1 unspecified atom stereocenters. The first kappa shape index (κ1) is 13.4. The summed E-state index contributed by atoms with van der Waals surface area (Å²) in [5, 5.41) is 0. The number of aryl methyl sites for hydroxylation is 2. The highest BCUT2D eigenvalue weighted by Gasteiger charge is 2.67. The molecule has 3 aliphatic heterocycles. The standard InChI is InChI=1S/C21H20N4/c1-14-5-4-6-15(2)20(14)23-13-19-10-8-17-11-16-7-9-18-12-22(3)21(23,24(16)18)25(17)19/h4-10,12-13H,11H2,1-3H3/q+2. The van der Waals surface area contributed by atoms with Crippen LogP contribution in [-0.4, -0.2) is 37.8 Å². The molecule has 4 heteroatoms. The van der Waals surface area contributed by atoms with Gasteiger partial charge in [0.15, 0.2) is 6.21 Å². The van der Waals surface area contributed by atoms with Gasteiger partial charge in [0.25, 0.3) is 0 Å². The van der Waals surface area contributed by atoms with E-state index in [-0.39, 0.29) is 5.91 Å². The SMILES string of the molecule is Cc1cccc(C)c1[N+]1=Cc2ccc3n2C12n1c(ccc1C3)C=[N+]2C. The van der Waals surface area contributed by atoms with E-state index in [2.05, 4.69) is 94.1 Å². The van der Waals surface area contributed by atoms with Crippen LogP contribution >= 0.6 is 0 Å². The number of hydrogen-bond acceptors (Lipinski definition) is 0. The molecule has 0 fully saturated rings. The lowest BCUT2D eigenvalue weighted by atomic mass is 10.1. The second-order valence-corrected chi connectivity index (χ2v) is 7.43. The molecule has 0 aliphatic carbocycles. The minimum Gasteiger partial charge on any atom is -0.198 e. The molecular weight excluding hydrogens is 308 g/mol. The van der Waals surface area contributed by atoms with Gasteiger partial charge in [0, 0.05) is 28.9 Å². The summed E-state index contributed by atoms with van der Waals surface area (Å²) >= 11 is 0. The maximum Gasteiger partial charge on any atom is 0.547 e. The molecule has 1 atom stereocenters. The normalized spacial score (nSPS) is 21.9. The average Bonchev–Trinajstić information content (AvgIpc) is 3.30. The van der Waals surface area contributed by atoms with Gasteiger partial charge in [-0.25, -0.2) is 0 Å². The first-order chi connectivity index (χ1) is 12.1. The van der Waals surface area contributed by atoms with Crippen LogP contribution in [0.3, 0.4) is 0 Å². The van der Waals surface area contributed by atoms with Gasteiger partial charge in [0.2, 0.25) is 11.9 Å². The van der Waals surface area contributed by atoms with Gasteiger partial charge in [-0.2, -0.15) is 9.13 Å². The third-order valence-electron chi connectivity index (χ3n) is 6.01. The number of rotatable bonds is 1. The van der Waals surface area contributed by atoms with E-state index in [1.165, 1.54) is 39.6 Å². The molecule has 122 valence electrons. The molecule has 3 aromatic rings. The Morgan fingerprint density at radius 2 is 1.44 bits per heavy atom. The third-order valence-corrected chi connectivity index (χ3v) is 6.01. The summed E-state index contributed by atoms with van der Waals surface area (Å²) in [6.07, 6.45) is 5.56. The molecule has 0 saturated heterocycles. The van der Waals surface area contributed by atoms with Crippen molar-refractivity contribution in [1.29, 1.82) is 0 Å². The zero-order chi connectivity index (χ0) is 16.9. The molecule has 0 N–H and O–H groups in total. The summed E-state index contributed by atoms with van der Waals surface area (Å²) in [5.74, 6) is -0.378. The zero-order valence-electron chi connectivity index (χ0n) is 14.7. The van der Waals surface area contributed by atoms with Crippen molar-refractivity contribution < 1.29 is 9.15 Å². The Balaban J connectivity index is 1.78. The van der Waals surface area contributed by atoms with Crippen molar-refractivity contribution in [2.75, 3.05) is 7.05 Å². The molecular formula is C21H20N4+2. The third kappa shape index (κ3) is 1.30. The molecule has 0 amide bonds. The number of aromatic nitrogens is 2. The highest BCUT2D eigenvalue weighted by atomic mass is 15.6. The van der Waals surface area contributed by atoms with Gasteiger partial charge in [-0.1, -0.05) is 22.8 Å². The van der Waals surface area contributed by atoms with Gasteiger partial charge in [-0.05, 0) is 38.1 Å². The Morgan fingerprint density at radius 1 is 0.840 bits per heavy atom. The molecule has 2 aromatic heterocycles. The first-order valence-corrected chi connectivity index (χ1v) is 8.83. The van der Waals surface area contributed by atoms with Gasteiger partial charge in [-0.15, -0.1) is 4.58 Å². The van der Waals surface area contributed by atoms with E-state index in [9.17, 15) is 0 Å². The molecule has 1 spiro atoms. The minimum atomic E-state index is -0.378. The largest absolute Gasteiger partial charge is 0.547 e. The van der Waals surface area contributed by atoms with E-state index in [0.717, 1.165) is 6.42 Å². The number of hydrogen-bond donors (Lipinski definition) is 0. The smallest absolute Gasteiger partial charge is 0.198 e. The fraction of sp³-hybridized carbons (Fsp3) is 0.238. The zero-order valence-corrected chi connectivity index (χ0v) is 14.7. The minimum absolute atomic E-state index is 0.378. The molecule has 6 rings (SSSR count). The predicted octanol–water partition coefficient (Wildman–Crippen LogP) is 2.78. The van der Waals surface area contributed by atoms with Crippen LogP contribution in [0.25, 0.3) is 0 Å². The van der Waals surface area contributed by atoms with Crippen molar-refractivity contribution in [2.45, 2.75) is 26.2 Å². The average molecular weight is 328 g/mol. The molecule has 4 nitrogen and oxygen atoms in total. The van der Waals surface area contributed by atoms with Crippen molar-refractivity contribution in [3.8, 4) is 0 Å². The number of nitrogens with zero attached hydrogens (tertiary/aromatic N) is 4. The van der Waals surface area contributed by atoms with Crippen LogP contribution in [0.15, 0.2) is 42.5 Å². The Morgan fingerprint density at radius 3 is 2.08 bits per heavy atom. The molecule has 0 saturated carbocycles. The quantitative estimate of drug-likeness (QED) is 0.611. The van der Waals surface area contributed by atoms with Crippen LogP contribution < -0.4 is 0 Å². The lowest BCUT2D eigenvalue weighted by Crippen LogP contribution is -2.55. The van der Waals surface area contributed by atoms with E-state index in [4.69, 9.17) is 0 Å². The van der Waals surface area contributed by atoms with Crippen LogP contribution in [0.2, 0.25) is 0 Å². The topological polar surface area (TPSA) is 15.9 Å². The van der Waals surface area contributed by atoms with Crippen LogP contribution in [0.4, 0.5) is 5.69 Å². The Bertz CT molecular complexity index is 1120. The maximum atomic E-state index is 2.50.